The van der Waals surface area contributed by atoms with Crippen LogP contribution in [0.1, 0.15) is 22.8 Å². The lowest BCUT2D eigenvalue weighted by molar-refractivity contribution is 0.0749. The second kappa shape index (κ2) is 7.21. The first kappa shape index (κ1) is 13.9. The summed E-state index contributed by atoms with van der Waals surface area (Å²) in [4.78, 5) is 15.2. The average Bonchev–Trinajstić information content (AvgIpc) is 2.38. The van der Waals surface area contributed by atoms with Crippen molar-refractivity contribution in [1.82, 2.24) is 10.3 Å². The number of aromatic nitrogens is 1. The van der Waals surface area contributed by atoms with Crippen LogP contribution in [-0.2, 0) is 10.7 Å². The van der Waals surface area contributed by atoms with Crippen LogP contribution in [0.25, 0.3) is 0 Å². The molecule has 2 N–H and O–H groups in total. The lowest BCUT2D eigenvalue weighted by Gasteiger charge is -2.11. The van der Waals surface area contributed by atoms with Crippen LogP contribution in [0.3, 0.4) is 0 Å². The van der Waals surface area contributed by atoms with E-state index in [1.54, 1.807) is 12.3 Å². The van der Waals surface area contributed by atoms with Gasteiger partial charge in [0.25, 0.3) is 0 Å². The van der Waals surface area contributed by atoms with E-state index in [-0.39, 0.29) is 12.6 Å². The monoisotopic (exact) mass is 258 g/mol. The van der Waals surface area contributed by atoms with Gasteiger partial charge in [-0.15, -0.1) is 0 Å². The van der Waals surface area contributed by atoms with Gasteiger partial charge in [0.15, 0.2) is 0 Å². The third-order valence-corrected chi connectivity index (χ3v) is 2.50. The number of halogens is 1. The zero-order valence-electron chi connectivity index (χ0n) is 9.52. The van der Waals surface area contributed by atoms with Gasteiger partial charge < -0.3 is 14.7 Å². The van der Waals surface area contributed by atoms with Gasteiger partial charge in [-0.2, -0.15) is 0 Å². The van der Waals surface area contributed by atoms with Gasteiger partial charge in [-0.25, -0.2) is 4.79 Å². The number of aliphatic hydroxyl groups is 1. The van der Waals surface area contributed by atoms with Gasteiger partial charge in [0.1, 0.15) is 11.9 Å². The average molecular weight is 259 g/mol. The number of nitrogens with one attached hydrogen (secondary N) is 1. The first-order chi connectivity index (χ1) is 8.19. The largest absolute Gasteiger partial charge is 0.395 e. The summed E-state index contributed by atoms with van der Waals surface area (Å²) in [5.74, 6) is -0.607. The third kappa shape index (κ3) is 4.30. The molecule has 0 aliphatic carbocycles. The Balaban J connectivity index is 2.61. The van der Waals surface area contributed by atoms with Gasteiger partial charge in [0.05, 0.1) is 12.2 Å². The minimum absolute atomic E-state index is 0.0280. The minimum Gasteiger partial charge on any atom is -0.395 e. The van der Waals surface area contributed by atoms with Gasteiger partial charge in [0, 0.05) is 18.4 Å². The Morgan fingerprint density at radius 3 is 3.12 bits per heavy atom. The molecular formula is C11H15ClN2O3. The van der Waals surface area contributed by atoms with E-state index in [0.29, 0.717) is 18.5 Å². The first-order valence-corrected chi connectivity index (χ1v) is 5.60. The van der Waals surface area contributed by atoms with Gasteiger partial charge in [0.2, 0.25) is 0 Å². The van der Waals surface area contributed by atoms with E-state index in [1.807, 2.05) is 6.92 Å². The number of pyridine rings is 1. The lowest BCUT2D eigenvalue weighted by atomic mass is 10.1. The van der Waals surface area contributed by atoms with E-state index in [0.717, 1.165) is 5.56 Å². The number of hydrogen-bond donors (Lipinski definition) is 2. The quantitative estimate of drug-likeness (QED) is 0.794. The Morgan fingerprint density at radius 1 is 1.71 bits per heavy atom. The van der Waals surface area contributed by atoms with Crippen LogP contribution >= 0.6 is 11.9 Å². The molecule has 0 saturated heterocycles. The second-order valence-electron chi connectivity index (χ2n) is 3.69. The number of carbonyl (C=O) groups excluding carboxylic acids is 1. The zero-order valence-corrected chi connectivity index (χ0v) is 10.3. The summed E-state index contributed by atoms with van der Waals surface area (Å²) in [6.07, 6.45) is 3.67. The fraction of sp³-hybridized carbons (Fsp3) is 0.455. The van der Waals surface area contributed by atoms with Crippen molar-refractivity contribution in [3.63, 3.8) is 0 Å². The summed E-state index contributed by atoms with van der Waals surface area (Å²) < 4.78 is 4.16. The van der Waals surface area contributed by atoms with Crippen molar-refractivity contribution in [1.29, 1.82) is 0 Å². The Labute approximate surface area is 105 Å². The number of carbonyl (C=O) groups is 1. The molecule has 0 aliphatic rings. The number of nitrogens with zero attached hydrogens (tertiary/aromatic N) is 1. The standard InChI is InChI=1S/C11H15ClN2O3/c1-8(7-15)14-5-3-9-2-4-13-6-10(9)11(16)17-12/h2,4,6,8,14-15H,3,5,7H2,1H3. The molecule has 6 heteroatoms. The highest BCUT2D eigenvalue weighted by Crippen LogP contribution is 2.10. The van der Waals surface area contributed by atoms with Gasteiger partial charge in [-0.3, -0.25) is 4.98 Å². The summed E-state index contributed by atoms with van der Waals surface area (Å²) in [7, 11) is 0. The highest BCUT2D eigenvalue weighted by atomic mass is 35.5. The summed E-state index contributed by atoms with van der Waals surface area (Å²) in [6, 6.07) is 1.77. The van der Waals surface area contributed by atoms with Gasteiger partial charge in [-0.1, -0.05) is 0 Å². The maximum absolute atomic E-state index is 11.3. The van der Waals surface area contributed by atoms with Crippen molar-refractivity contribution < 1.29 is 14.2 Å². The molecule has 0 saturated carbocycles. The van der Waals surface area contributed by atoms with E-state index in [9.17, 15) is 4.79 Å². The molecule has 1 heterocycles. The topological polar surface area (TPSA) is 71.5 Å². The molecule has 0 aliphatic heterocycles. The van der Waals surface area contributed by atoms with Crippen LogP contribution in [0.4, 0.5) is 0 Å². The van der Waals surface area contributed by atoms with Crippen molar-refractivity contribution >= 4 is 17.8 Å². The van der Waals surface area contributed by atoms with E-state index in [2.05, 4.69) is 14.6 Å². The van der Waals surface area contributed by atoms with Gasteiger partial charge in [-0.05, 0) is 31.5 Å². The molecule has 94 valence electrons. The van der Waals surface area contributed by atoms with Crippen molar-refractivity contribution in [2.45, 2.75) is 19.4 Å². The normalized spacial score (nSPS) is 12.2. The molecular weight excluding hydrogens is 244 g/mol. The van der Waals surface area contributed by atoms with Crippen LogP contribution in [0.15, 0.2) is 18.5 Å². The van der Waals surface area contributed by atoms with Crippen molar-refractivity contribution in [2.24, 2.45) is 0 Å². The SMILES string of the molecule is CC(CO)NCCc1ccncc1C(=O)OCl. The predicted molar refractivity (Wildman–Crippen MR) is 63.8 cm³/mol. The Hall–Kier alpha value is -1.17. The van der Waals surface area contributed by atoms with Crippen LogP contribution in [0.2, 0.25) is 0 Å². The maximum Gasteiger partial charge on any atom is 0.358 e. The zero-order chi connectivity index (χ0) is 12.7. The first-order valence-electron chi connectivity index (χ1n) is 5.29. The Morgan fingerprint density at radius 2 is 2.47 bits per heavy atom. The number of rotatable bonds is 6. The molecule has 1 unspecified atom stereocenters. The molecule has 1 rings (SSSR count). The fourth-order valence-corrected chi connectivity index (χ4v) is 1.47. The molecule has 1 atom stereocenters. The van der Waals surface area contributed by atoms with Crippen molar-refractivity contribution in [3.8, 4) is 0 Å². The molecule has 1 aromatic heterocycles. The van der Waals surface area contributed by atoms with Crippen LogP contribution in [0, 0.1) is 0 Å². The highest BCUT2D eigenvalue weighted by molar-refractivity contribution is 6.15. The summed E-state index contributed by atoms with van der Waals surface area (Å²) in [5, 5.41) is 12.0. The lowest BCUT2D eigenvalue weighted by Crippen LogP contribution is -2.31. The van der Waals surface area contributed by atoms with E-state index < -0.39 is 5.97 Å². The van der Waals surface area contributed by atoms with Crippen LogP contribution < -0.4 is 5.32 Å². The maximum atomic E-state index is 11.3. The number of hydrogen-bond acceptors (Lipinski definition) is 5. The summed E-state index contributed by atoms with van der Waals surface area (Å²) in [6.45, 7) is 2.60. The second-order valence-corrected chi connectivity index (χ2v) is 3.84. The van der Waals surface area contributed by atoms with Gasteiger partial charge >= 0.3 is 5.97 Å². The molecule has 17 heavy (non-hydrogen) atoms. The molecule has 0 radical (unpaired) electrons. The molecule has 0 bridgehead atoms. The van der Waals surface area contributed by atoms with E-state index in [4.69, 9.17) is 17.0 Å². The van der Waals surface area contributed by atoms with Crippen LogP contribution in [-0.4, -0.2) is 35.3 Å². The van der Waals surface area contributed by atoms with Crippen molar-refractivity contribution in [2.75, 3.05) is 13.2 Å². The van der Waals surface area contributed by atoms with E-state index >= 15 is 0 Å². The summed E-state index contributed by atoms with van der Waals surface area (Å²) >= 11 is 5.04. The third-order valence-electron chi connectivity index (χ3n) is 2.36. The van der Waals surface area contributed by atoms with Crippen LogP contribution in [0.5, 0.6) is 0 Å². The molecule has 1 aromatic rings. The minimum atomic E-state index is -0.607. The molecule has 0 aromatic carbocycles. The highest BCUT2D eigenvalue weighted by Gasteiger charge is 2.12. The summed E-state index contributed by atoms with van der Waals surface area (Å²) in [5.41, 5.74) is 1.17. The number of aliphatic hydroxyl groups excluding tert-OH is 1. The molecule has 0 amide bonds. The predicted octanol–water partition coefficient (Wildman–Crippen LogP) is 0.905. The Kier molecular flexibility index (Phi) is 5.90. The molecule has 0 spiro atoms. The molecule has 0 fully saturated rings. The smallest absolute Gasteiger partial charge is 0.358 e. The van der Waals surface area contributed by atoms with Crippen molar-refractivity contribution in [3.05, 3.63) is 29.6 Å². The Bertz CT molecular complexity index is 373. The molecule has 5 nitrogen and oxygen atoms in total. The fourth-order valence-electron chi connectivity index (χ4n) is 1.38. The van der Waals surface area contributed by atoms with E-state index in [1.165, 1.54) is 6.20 Å².